The van der Waals surface area contributed by atoms with Crippen LogP contribution in [0.1, 0.15) is 0 Å². The number of carbonyl (C=O) groups excluding carboxylic acids is 1. The Hall–Kier alpha value is -1.05. The van der Waals surface area contributed by atoms with Crippen LogP contribution in [0.4, 0.5) is 0 Å². The average molecular weight is 309 g/mol. The van der Waals surface area contributed by atoms with E-state index in [1.807, 2.05) is 17.8 Å². The van der Waals surface area contributed by atoms with Gasteiger partial charge in [0.2, 0.25) is 5.91 Å². The third-order valence-corrected chi connectivity index (χ3v) is 5.60. The maximum Gasteiger partial charge on any atom is 0.229 e. The van der Waals surface area contributed by atoms with Gasteiger partial charge in [-0.2, -0.15) is 0 Å². The highest BCUT2D eigenvalue weighted by Crippen LogP contribution is 2.38. The van der Waals surface area contributed by atoms with E-state index in [9.17, 15) is 4.79 Å². The summed E-state index contributed by atoms with van der Waals surface area (Å²) in [6, 6.07) is 0. The summed E-state index contributed by atoms with van der Waals surface area (Å²) in [6.45, 7) is 4.33. The van der Waals surface area contributed by atoms with Crippen LogP contribution in [0.15, 0.2) is 17.6 Å². The van der Waals surface area contributed by atoms with Gasteiger partial charge in [-0.05, 0) is 7.05 Å². The van der Waals surface area contributed by atoms with E-state index in [1.165, 1.54) is 0 Å². The Bertz CT molecular complexity index is 519. The Kier molecular flexibility index (Phi) is 4.24. The van der Waals surface area contributed by atoms with Crippen molar-refractivity contribution >= 4 is 17.7 Å². The van der Waals surface area contributed by atoms with Gasteiger partial charge in [0.15, 0.2) is 5.16 Å². The molecule has 3 heterocycles. The molecule has 0 aromatic carbocycles. The molecule has 2 N–H and O–H groups in total. The minimum atomic E-state index is -0.220. The van der Waals surface area contributed by atoms with Gasteiger partial charge < -0.3 is 20.1 Å². The third-order valence-electron chi connectivity index (χ3n) is 4.54. The number of likely N-dealkylation sites (tertiary alicyclic amines) is 1. The highest BCUT2D eigenvalue weighted by atomic mass is 32.2. The van der Waals surface area contributed by atoms with Gasteiger partial charge in [0.25, 0.3) is 0 Å². The van der Waals surface area contributed by atoms with E-state index in [1.54, 1.807) is 18.0 Å². The van der Waals surface area contributed by atoms with Crippen molar-refractivity contribution in [1.82, 2.24) is 25.1 Å². The minimum Gasteiger partial charge on any atom is -0.355 e. The van der Waals surface area contributed by atoms with Crippen molar-refractivity contribution in [1.29, 1.82) is 0 Å². The van der Waals surface area contributed by atoms with Crippen LogP contribution in [0, 0.1) is 11.3 Å². The first kappa shape index (κ1) is 14.9. The number of amides is 1. The fraction of sp³-hybridized carbons (Fsp3) is 0.714. The van der Waals surface area contributed by atoms with Gasteiger partial charge in [-0.3, -0.25) is 4.79 Å². The predicted octanol–water partition coefficient (Wildman–Crippen LogP) is -0.220. The molecular formula is C14H23N5OS. The molecule has 1 aromatic rings. The number of rotatable bonds is 5. The molecule has 0 unspecified atom stereocenters. The molecule has 1 aromatic heterocycles. The zero-order chi connectivity index (χ0) is 14.9. The molecular weight excluding hydrogens is 286 g/mol. The number of aryl methyl sites for hydroxylation is 1. The number of carbonyl (C=O) groups is 1. The Labute approximate surface area is 129 Å². The lowest BCUT2D eigenvalue weighted by Crippen LogP contribution is -2.47. The van der Waals surface area contributed by atoms with Crippen LogP contribution in [-0.4, -0.2) is 65.9 Å². The molecule has 2 atom stereocenters. The molecule has 2 fully saturated rings. The lowest BCUT2D eigenvalue weighted by Gasteiger charge is -2.26. The van der Waals surface area contributed by atoms with Crippen molar-refractivity contribution in [3.63, 3.8) is 0 Å². The van der Waals surface area contributed by atoms with Gasteiger partial charge in [-0.1, -0.05) is 11.8 Å². The largest absolute Gasteiger partial charge is 0.355 e. The van der Waals surface area contributed by atoms with E-state index in [-0.39, 0.29) is 11.3 Å². The second-order valence-corrected chi connectivity index (χ2v) is 7.17. The average Bonchev–Trinajstić information content (AvgIpc) is 3.09. The minimum absolute atomic E-state index is 0.210. The Morgan fingerprint density at radius 1 is 1.62 bits per heavy atom. The summed E-state index contributed by atoms with van der Waals surface area (Å²) in [5, 5.41) is 7.50. The second kappa shape index (κ2) is 5.98. The number of hydrogen-bond donors (Lipinski definition) is 2. The highest BCUT2D eigenvalue weighted by Gasteiger charge is 2.53. The zero-order valence-electron chi connectivity index (χ0n) is 12.6. The molecule has 0 bridgehead atoms. The highest BCUT2D eigenvalue weighted by molar-refractivity contribution is 7.99. The number of nitrogens with zero attached hydrogens (tertiary/aromatic N) is 3. The van der Waals surface area contributed by atoms with Gasteiger partial charge in [0, 0.05) is 63.8 Å². The molecule has 0 aliphatic carbocycles. The van der Waals surface area contributed by atoms with E-state index in [0.29, 0.717) is 12.5 Å². The van der Waals surface area contributed by atoms with Gasteiger partial charge in [0.1, 0.15) is 0 Å². The van der Waals surface area contributed by atoms with Crippen molar-refractivity contribution < 1.29 is 4.79 Å². The second-order valence-electron chi connectivity index (χ2n) is 6.11. The van der Waals surface area contributed by atoms with E-state index < -0.39 is 0 Å². The van der Waals surface area contributed by atoms with E-state index in [4.69, 9.17) is 0 Å². The van der Waals surface area contributed by atoms with Crippen molar-refractivity contribution in [2.24, 2.45) is 18.4 Å². The molecule has 116 valence electrons. The van der Waals surface area contributed by atoms with E-state index in [0.717, 1.165) is 37.1 Å². The van der Waals surface area contributed by atoms with Crippen LogP contribution >= 0.6 is 11.8 Å². The van der Waals surface area contributed by atoms with Gasteiger partial charge in [0.05, 0.1) is 5.41 Å². The maximum atomic E-state index is 12.6. The fourth-order valence-corrected chi connectivity index (χ4v) is 4.25. The summed E-state index contributed by atoms with van der Waals surface area (Å²) in [4.78, 5) is 19.2. The molecule has 2 aliphatic heterocycles. The molecule has 0 spiro atoms. The quantitative estimate of drug-likeness (QED) is 0.582. The van der Waals surface area contributed by atoms with Crippen LogP contribution in [0.3, 0.4) is 0 Å². The van der Waals surface area contributed by atoms with E-state index in [2.05, 4.69) is 27.6 Å². The van der Waals surface area contributed by atoms with Crippen LogP contribution in [0.2, 0.25) is 0 Å². The van der Waals surface area contributed by atoms with Gasteiger partial charge >= 0.3 is 0 Å². The molecule has 3 rings (SSSR count). The summed E-state index contributed by atoms with van der Waals surface area (Å²) in [7, 11) is 4.08. The molecule has 21 heavy (non-hydrogen) atoms. The summed E-state index contributed by atoms with van der Waals surface area (Å²) in [5.41, 5.74) is -0.220. The molecule has 1 amide bonds. The first-order valence-corrected chi connectivity index (χ1v) is 8.38. The predicted molar refractivity (Wildman–Crippen MR) is 83.2 cm³/mol. The summed E-state index contributed by atoms with van der Waals surface area (Å²) < 4.78 is 1.99. The lowest BCUT2D eigenvalue weighted by atomic mass is 9.80. The van der Waals surface area contributed by atoms with Gasteiger partial charge in [-0.25, -0.2) is 4.98 Å². The SMILES string of the molecule is CN1C[C@@H]2CNC[C@]2(C(=O)NCCSc2nccn2C)C1. The van der Waals surface area contributed by atoms with Gasteiger partial charge in [-0.15, -0.1) is 0 Å². The first-order valence-electron chi connectivity index (χ1n) is 7.39. The fourth-order valence-electron chi connectivity index (χ4n) is 3.47. The number of thioether (sulfide) groups is 1. The normalized spacial score (nSPS) is 28.8. The Balaban J connectivity index is 1.49. The molecule has 0 saturated carbocycles. The van der Waals surface area contributed by atoms with Crippen molar-refractivity contribution in [3.8, 4) is 0 Å². The Morgan fingerprint density at radius 3 is 3.24 bits per heavy atom. The van der Waals surface area contributed by atoms with E-state index >= 15 is 0 Å². The number of aromatic nitrogens is 2. The number of imidazole rings is 1. The topological polar surface area (TPSA) is 62.2 Å². The zero-order valence-corrected chi connectivity index (χ0v) is 13.4. The lowest BCUT2D eigenvalue weighted by molar-refractivity contribution is -0.130. The standard InChI is InChI=1S/C14H23N5OS/c1-18-8-11-7-15-9-14(11,10-18)12(20)16-4-6-21-13-17-3-5-19(13)2/h3,5,11,15H,4,6-10H2,1-2H3,(H,16,20)/t11-,14-/m0/s1. The third kappa shape index (κ3) is 2.82. The first-order chi connectivity index (χ1) is 10.1. The molecule has 2 aliphatic rings. The summed E-state index contributed by atoms with van der Waals surface area (Å²) in [6.07, 6.45) is 3.73. The van der Waals surface area contributed by atoms with Crippen molar-refractivity contribution in [2.45, 2.75) is 5.16 Å². The van der Waals surface area contributed by atoms with Crippen LogP contribution < -0.4 is 10.6 Å². The smallest absolute Gasteiger partial charge is 0.229 e. The number of nitrogens with one attached hydrogen (secondary N) is 2. The molecule has 2 saturated heterocycles. The number of fused-ring (bicyclic) bond motifs is 1. The Morgan fingerprint density at radius 2 is 2.48 bits per heavy atom. The molecule has 6 nitrogen and oxygen atoms in total. The maximum absolute atomic E-state index is 12.6. The van der Waals surface area contributed by atoms with Crippen LogP contribution in [-0.2, 0) is 11.8 Å². The van der Waals surface area contributed by atoms with Crippen molar-refractivity contribution in [2.75, 3.05) is 45.5 Å². The van der Waals surface area contributed by atoms with Crippen molar-refractivity contribution in [3.05, 3.63) is 12.4 Å². The van der Waals surface area contributed by atoms with Crippen LogP contribution in [0.5, 0.6) is 0 Å². The number of hydrogen-bond acceptors (Lipinski definition) is 5. The monoisotopic (exact) mass is 309 g/mol. The summed E-state index contributed by atoms with van der Waals surface area (Å²) in [5.74, 6) is 1.51. The molecule has 7 heteroatoms. The molecule has 0 radical (unpaired) electrons. The van der Waals surface area contributed by atoms with Crippen LogP contribution in [0.25, 0.3) is 0 Å². The summed E-state index contributed by atoms with van der Waals surface area (Å²) >= 11 is 1.67.